The maximum atomic E-state index is 13.3. The van der Waals surface area contributed by atoms with Gasteiger partial charge in [-0.3, -0.25) is 0 Å². The van der Waals surface area contributed by atoms with E-state index in [1.165, 1.54) is 18.2 Å². The number of anilines is 1. The van der Waals surface area contributed by atoms with Gasteiger partial charge < -0.3 is 24.0 Å². The zero-order valence-electron chi connectivity index (χ0n) is 22.6. The summed E-state index contributed by atoms with van der Waals surface area (Å²) in [6.07, 6.45) is 1.71. The van der Waals surface area contributed by atoms with E-state index >= 15 is 0 Å². The first-order valence-electron chi connectivity index (χ1n) is 12.8. The van der Waals surface area contributed by atoms with Crippen molar-refractivity contribution in [1.82, 2.24) is 10.2 Å². The number of hydrogen-bond donors (Lipinski definition) is 1. The van der Waals surface area contributed by atoms with Gasteiger partial charge in [0.05, 0.1) is 22.7 Å². The molecule has 1 aliphatic rings. The summed E-state index contributed by atoms with van der Waals surface area (Å²) in [5.74, 6) is 0.140. The van der Waals surface area contributed by atoms with Crippen LogP contribution in [0, 0.1) is 0 Å². The van der Waals surface area contributed by atoms with Gasteiger partial charge in [0.1, 0.15) is 10.6 Å². The van der Waals surface area contributed by atoms with Crippen LogP contribution in [0.25, 0.3) is 0 Å². The average molecular weight is 587 g/mol. The summed E-state index contributed by atoms with van der Waals surface area (Å²) in [4.78, 5) is 16.9. The van der Waals surface area contributed by atoms with E-state index in [0.29, 0.717) is 18.7 Å². The molecule has 8 nitrogen and oxygen atoms in total. The molecule has 1 heterocycles. The van der Waals surface area contributed by atoms with E-state index in [-0.39, 0.29) is 39.4 Å². The molecule has 3 rings (SSSR count). The van der Waals surface area contributed by atoms with E-state index < -0.39 is 15.7 Å². The minimum absolute atomic E-state index is 0.0834. The third kappa shape index (κ3) is 8.15. The summed E-state index contributed by atoms with van der Waals surface area (Å²) in [5, 5.41) is 3.35. The molecule has 0 unspecified atom stereocenters. The van der Waals surface area contributed by atoms with Crippen molar-refractivity contribution < 1.29 is 22.1 Å². The number of hydrogen-bond acceptors (Lipinski definition) is 6. The first kappa shape index (κ1) is 30.3. The molecule has 2 aromatic rings. The molecule has 210 valence electrons. The molecule has 1 atom stereocenters. The van der Waals surface area contributed by atoms with Gasteiger partial charge in [-0.2, -0.15) is 8.42 Å². The second kappa shape index (κ2) is 12.8. The van der Waals surface area contributed by atoms with Crippen LogP contribution in [0.3, 0.4) is 0 Å². The van der Waals surface area contributed by atoms with Crippen LogP contribution in [-0.2, 0) is 21.4 Å². The van der Waals surface area contributed by atoms with Gasteiger partial charge in [0, 0.05) is 49.1 Å². The number of benzene rings is 2. The van der Waals surface area contributed by atoms with Gasteiger partial charge in [0.2, 0.25) is 0 Å². The lowest BCUT2D eigenvalue weighted by molar-refractivity contribution is 0.0780. The minimum atomic E-state index is -4.24. The molecule has 0 aromatic heterocycles. The van der Waals surface area contributed by atoms with E-state index in [0.717, 1.165) is 31.6 Å². The predicted molar refractivity (Wildman–Crippen MR) is 152 cm³/mol. The SMILES string of the molecule is CCN(CC)c1ccc(CN(C[C@H]2CCCO2)C(=O)NC(C)(C)C)c(OS(=O)(=O)c2ccc(Cl)c(Cl)c2)c1. The number of carbonyl (C=O) groups excluding carboxylic acids is 1. The fourth-order valence-electron chi connectivity index (χ4n) is 4.19. The van der Waals surface area contributed by atoms with Crippen molar-refractivity contribution >= 4 is 45.0 Å². The Labute approximate surface area is 236 Å². The number of nitrogens with zero attached hydrogens (tertiary/aromatic N) is 2. The summed E-state index contributed by atoms with van der Waals surface area (Å²) < 4.78 is 38.0. The highest BCUT2D eigenvalue weighted by Crippen LogP contribution is 2.32. The highest BCUT2D eigenvalue weighted by Gasteiger charge is 2.27. The third-order valence-corrected chi connectivity index (χ3v) is 8.11. The lowest BCUT2D eigenvalue weighted by Gasteiger charge is -2.31. The molecule has 2 amide bonds. The highest BCUT2D eigenvalue weighted by atomic mass is 35.5. The summed E-state index contributed by atoms with van der Waals surface area (Å²) >= 11 is 12.1. The highest BCUT2D eigenvalue weighted by molar-refractivity contribution is 7.87. The summed E-state index contributed by atoms with van der Waals surface area (Å²) in [7, 11) is -4.24. The van der Waals surface area contributed by atoms with Crippen LogP contribution in [0.2, 0.25) is 10.0 Å². The third-order valence-electron chi connectivity index (χ3n) is 6.14. The molecule has 1 fully saturated rings. The van der Waals surface area contributed by atoms with Crippen molar-refractivity contribution in [3.8, 4) is 5.75 Å². The van der Waals surface area contributed by atoms with Crippen molar-refractivity contribution in [2.45, 2.75) is 70.5 Å². The molecular weight excluding hydrogens is 549 g/mol. The molecule has 1 saturated heterocycles. The number of nitrogens with one attached hydrogen (secondary N) is 1. The van der Waals surface area contributed by atoms with Gasteiger partial charge in [-0.25, -0.2) is 4.79 Å². The zero-order chi connectivity index (χ0) is 28.1. The second-order valence-electron chi connectivity index (χ2n) is 10.3. The van der Waals surface area contributed by atoms with Crippen LogP contribution in [0.4, 0.5) is 10.5 Å². The molecule has 0 radical (unpaired) electrons. The van der Waals surface area contributed by atoms with Gasteiger partial charge in [-0.15, -0.1) is 0 Å². The molecule has 38 heavy (non-hydrogen) atoms. The fraction of sp³-hybridized carbons (Fsp3) is 0.519. The Hall–Kier alpha value is -2.20. The number of halogens is 2. The topological polar surface area (TPSA) is 88.2 Å². The minimum Gasteiger partial charge on any atom is -0.379 e. The number of carbonyl (C=O) groups is 1. The Morgan fingerprint density at radius 1 is 1.11 bits per heavy atom. The Morgan fingerprint density at radius 3 is 2.39 bits per heavy atom. The number of urea groups is 1. The van der Waals surface area contributed by atoms with Crippen LogP contribution in [-0.4, -0.2) is 57.2 Å². The number of amides is 2. The summed E-state index contributed by atoms with van der Waals surface area (Å²) in [5.41, 5.74) is 0.907. The molecule has 11 heteroatoms. The largest absolute Gasteiger partial charge is 0.379 e. The first-order valence-corrected chi connectivity index (χ1v) is 15.0. The molecule has 1 aliphatic heterocycles. The smallest absolute Gasteiger partial charge is 0.339 e. The standard InChI is InChI=1S/C27H37Cl2N3O5S/c1-6-31(7-2)20-11-10-19(17-32(18-21-9-8-14-36-21)26(33)30-27(3,4)5)25(15-20)37-38(34,35)22-12-13-23(28)24(29)16-22/h10-13,15-16,21H,6-9,14,17-18H2,1-5H3,(H,30,33)/t21-/m1/s1. The first-order chi connectivity index (χ1) is 17.8. The zero-order valence-corrected chi connectivity index (χ0v) is 24.9. The van der Waals surface area contributed by atoms with Gasteiger partial charge in [-0.1, -0.05) is 29.3 Å². The van der Waals surface area contributed by atoms with Crippen LogP contribution in [0.5, 0.6) is 5.75 Å². The average Bonchev–Trinajstić information content (AvgIpc) is 3.34. The Morgan fingerprint density at radius 2 is 1.82 bits per heavy atom. The Kier molecular flexibility index (Phi) is 10.2. The van der Waals surface area contributed by atoms with Gasteiger partial charge in [0.15, 0.2) is 0 Å². The predicted octanol–water partition coefficient (Wildman–Crippen LogP) is 6.10. The molecule has 1 N–H and O–H groups in total. The molecule has 2 aromatic carbocycles. The van der Waals surface area contributed by atoms with Crippen LogP contribution in [0.1, 0.15) is 53.0 Å². The second-order valence-corrected chi connectivity index (χ2v) is 12.6. The molecule has 0 aliphatic carbocycles. The van der Waals surface area contributed by atoms with Crippen molar-refractivity contribution in [2.75, 3.05) is 31.1 Å². The molecule has 0 bridgehead atoms. The van der Waals surface area contributed by atoms with Crippen molar-refractivity contribution in [3.05, 3.63) is 52.0 Å². The lowest BCUT2D eigenvalue weighted by atomic mass is 10.1. The van der Waals surface area contributed by atoms with Crippen LogP contribution < -0.4 is 14.4 Å². The van der Waals surface area contributed by atoms with Crippen molar-refractivity contribution in [1.29, 1.82) is 0 Å². The van der Waals surface area contributed by atoms with Crippen LogP contribution >= 0.6 is 23.2 Å². The molecule has 0 saturated carbocycles. The maximum absolute atomic E-state index is 13.3. The van der Waals surface area contributed by atoms with Crippen molar-refractivity contribution in [2.24, 2.45) is 0 Å². The van der Waals surface area contributed by atoms with E-state index in [4.69, 9.17) is 32.1 Å². The lowest BCUT2D eigenvalue weighted by Crippen LogP contribution is -2.50. The van der Waals surface area contributed by atoms with Gasteiger partial charge >= 0.3 is 16.1 Å². The monoisotopic (exact) mass is 585 g/mol. The van der Waals surface area contributed by atoms with Crippen molar-refractivity contribution in [3.63, 3.8) is 0 Å². The summed E-state index contributed by atoms with van der Waals surface area (Å²) in [6.45, 7) is 12.4. The van der Waals surface area contributed by atoms with E-state index in [2.05, 4.69) is 10.2 Å². The van der Waals surface area contributed by atoms with Gasteiger partial charge in [0.25, 0.3) is 0 Å². The van der Waals surface area contributed by atoms with Crippen LogP contribution in [0.15, 0.2) is 41.3 Å². The van der Waals surface area contributed by atoms with E-state index in [1.54, 1.807) is 17.0 Å². The van der Waals surface area contributed by atoms with E-state index in [1.807, 2.05) is 40.7 Å². The Bertz CT molecular complexity index is 1220. The number of ether oxygens (including phenoxy) is 1. The number of rotatable bonds is 10. The quantitative estimate of drug-likeness (QED) is 0.339. The van der Waals surface area contributed by atoms with Gasteiger partial charge in [-0.05, 0) is 71.7 Å². The van der Waals surface area contributed by atoms with E-state index in [9.17, 15) is 13.2 Å². The molecule has 0 spiro atoms. The summed E-state index contributed by atoms with van der Waals surface area (Å²) in [6, 6.07) is 9.16. The maximum Gasteiger partial charge on any atom is 0.339 e. The Balaban J connectivity index is 2.00. The normalized spacial score (nSPS) is 15.8. The molecular formula is C27H37Cl2N3O5S. The fourth-order valence-corrected chi connectivity index (χ4v) is 5.54.